The molecule has 0 aliphatic carbocycles. The minimum Gasteiger partial charge on any atom is -0.171 e. The third-order valence-corrected chi connectivity index (χ3v) is 1.46. The van der Waals surface area contributed by atoms with Crippen molar-refractivity contribution in [3.8, 4) is 0 Å². The van der Waals surface area contributed by atoms with Gasteiger partial charge in [0.15, 0.2) is 0 Å². The Balaban J connectivity index is 2.41. The molecular weight excluding hydrogens is 112 g/mol. The molecule has 0 bridgehead atoms. The zero-order valence-corrected chi connectivity index (χ0v) is 6.17. The summed E-state index contributed by atoms with van der Waals surface area (Å²) in [5.74, 6) is 0. The Morgan fingerprint density at radius 3 is 2.78 bits per heavy atom. The van der Waals surface area contributed by atoms with Crippen molar-refractivity contribution in [3.63, 3.8) is 0 Å². The van der Waals surface area contributed by atoms with E-state index in [1.54, 1.807) is 0 Å². The minimum atomic E-state index is 1.09. The van der Waals surface area contributed by atoms with Gasteiger partial charge in [-0.25, -0.2) is 0 Å². The summed E-state index contributed by atoms with van der Waals surface area (Å²) in [5, 5.41) is 0. The summed E-state index contributed by atoms with van der Waals surface area (Å²) in [6.07, 6.45) is 5.55. The molecule has 0 spiro atoms. The van der Waals surface area contributed by atoms with Crippen LogP contribution >= 0.6 is 0 Å². The van der Waals surface area contributed by atoms with Crippen LogP contribution in [0.5, 0.6) is 0 Å². The number of hydrogen-bond donors (Lipinski definition) is 0. The van der Waals surface area contributed by atoms with Gasteiger partial charge in [-0.05, 0) is 0 Å². The van der Waals surface area contributed by atoms with Gasteiger partial charge >= 0.3 is 6.34 Å². The molecule has 2 nitrogen and oxygen atoms in total. The summed E-state index contributed by atoms with van der Waals surface area (Å²) in [6, 6.07) is 0. The van der Waals surface area contributed by atoms with Crippen molar-refractivity contribution in [2.24, 2.45) is 0 Å². The molecule has 50 valence electrons. The van der Waals surface area contributed by atoms with E-state index in [4.69, 9.17) is 0 Å². The fourth-order valence-corrected chi connectivity index (χ4v) is 1.02. The van der Waals surface area contributed by atoms with Crippen LogP contribution in [-0.4, -0.2) is 41.8 Å². The second-order valence-electron chi connectivity index (χ2n) is 2.46. The fraction of sp³-hybridized carbons (Fsp3) is 0.714. The average molecular weight is 126 g/mol. The predicted molar refractivity (Wildman–Crippen MR) is 38.6 cm³/mol. The molecule has 2 heteroatoms. The van der Waals surface area contributed by atoms with Gasteiger partial charge in [-0.3, -0.25) is 0 Å². The molecule has 0 fully saturated rings. The minimum absolute atomic E-state index is 1.09. The zero-order chi connectivity index (χ0) is 6.69. The van der Waals surface area contributed by atoms with Crippen LogP contribution in [0.1, 0.15) is 13.3 Å². The van der Waals surface area contributed by atoms with Gasteiger partial charge in [0.25, 0.3) is 0 Å². The molecule has 0 aromatic heterocycles. The van der Waals surface area contributed by atoms with Crippen molar-refractivity contribution in [2.75, 3.05) is 20.1 Å². The van der Waals surface area contributed by atoms with Crippen LogP contribution < -0.4 is 0 Å². The highest BCUT2D eigenvalue weighted by atomic mass is 15.2. The Labute approximate surface area is 56.1 Å². The van der Waals surface area contributed by atoms with Gasteiger partial charge in [0, 0.05) is 6.42 Å². The quantitative estimate of drug-likeness (QED) is 0.465. The smallest absolute Gasteiger partial charge is 0.171 e. The van der Waals surface area contributed by atoms with Crippen molar-refractivity contribution < 1.29 is 9.15 Å². The van der Waals surface area contributed by atoms with Crippen LogP contribution in [-0.2, 0) is 0 Å². The summed E-state index contributed by atoms with van der Waals surface area (Å²) >= 11 is 0. The van der Waals surface area contributed by atoms with Crippen molar-refractivity contribution in [3.05, 3.63) is 0 Å². The molecule has 0 aromatic carbocycles. The summed E-state index contributed by atoms with van der Waals surface area (Å²) < 4.78 is 4.41. The van der Waals surface area contributed by atoms with Crippen LogP contribution in [0.4, 0.5) is 0 Å². The fourth-order valence-electron chi connectivity index (χ4n) is 1.02. The van der Waals surface area contributed by atoms with Gasteiger partial charge in [-0.15, -0.1) is 0 Å². The van der Waals surface area contributed by atoms with Crippen molar-refractivity contribution >= 4 is 12.6 Å². The van der Waals surface area contributed by atoms with Gasteiger partial charge in [0.2, 0.25) is 12.8 Å². The highest BCUT2D eigenvalue weighted by Crippen LogP contribution is 1.82. The van der Waals surface area contributed by atoms with Gasteiger partial charge in [0.1, 0.15) is 13.6 Å². The summed E-state index contributed by atoms with van der Waals surface area (Å²) in [5.41, 5.74) is 0. The molecule has 0 saturated carbocycles. The topological polar surface area (TPSA) is 6.02 Å². The standard InChI is InChI=1S/C7H14N2/c1-3-4-9-6-5-8(2)7-9/h5,7H,3-4,6H2,1-2H3/q+2. The zero-order valence-electron chi connectivity index (χ0n) is 6.17. The molecule has 0 unspecified atom stereocenters. The Morgan fingerprint density at radius 2 is 2.33 bits per heavy atom. The molecule has 1 aliphatic heterocycles. The van der Waals surface area contributed by atoms with E-state index in [-0.39, 0.29) is 0 Å². The van der Waals surface area contributed by atoms with E-state index >= 15 is 0 Å². The summed E-state index contributed by atoms with van der Waals surface area (Å²) in [7, 11) is 2.07. The average Bonchev–Trinajstić information content (AvgIpc) is 2.17. The maximum absolute atomic E-state index is 2.31. The van der Waals surface area contributed by atoms with Crippen molar-refractivity contribution in [1.29, 1.82) is 0 Å². The Hall–Kier alpha value is -0.660. The molecule has 0 saturated heterocycles. The maximum Gasteiger partial charge on any atom is 0.401 e. The lowest BCUT2D eigenvalue weighted by molar-refractivity contribution is -0.530. The van der Waals surface area contributed by atoms with E-state index in [2.05, 4.69) is 35.7 Å². The summed E-state index contributed by atoms with van der Waals surface area (Å²) in [6.45, 7) is 4.47. The van der Waals surface area contributed by atoms with E-state index in [9.17, 15) is 0 Å². The first-order chi connectivity index (χ1) is 4.33. The largest absolute Gasteiger partial charge is 0.401 e. The second-order valence-corrected chi connectivity index (χ2v) is 2.46. The van der Waals surface area contributed by atoms with E-state index in [1.165, 1.54) is 13.0 Å². The molecule has 1 rings (SSSR count). The van der Waals surface area contributed by atoms with Crippen LogP contribution in [0, 0.1) is 0 Å². The molecule has 0 amide bonds. The lowest BCUT2D eigenvalue weighted by atomic mass is 10.5. The number of rotatable bonds is 2. The van der Waals surface area contributed by atoms with Gasteiger partial charge in [0.05, 0.1) is 0 Å². The Morgan fingerprint density at radius 1 is 1.56 bits per heavy atom. The highest BCUT2D eigenvalue weighted by molar-refractivity contribution is 5.61. The first kappa shape index (κ1) is 6.46. The van der Waals surface area contributed by atoms with E-state index < -0.39 is 0 Å². The van der Waals surface area contributed by atoms with E-state index in [0.717, 1.165) is 6.54 Å². The molecule has 9 heavy (non-hydrogen) atoms. The van der Waals surface area contributed by atoms with Crippen molar-refractivity contribution in [2.45, 2.75) is 13.3 Å². The Kier molecular flexibility index (Phi) is 1.98. The second kappa shape index (κ2) is 2.76. The highest BCUT2D eigenvalue weighted by Gasteiger charge is 2.13. The predicted octanol–water partition coefficient (Wildman–Crippen LogP) is 0.164. The molecule has 0 atom stereocenters. The third-order valence-electron chi connectivity index (χ3n) is 1.46. The molecule has 1 heterocycles. The summed E-state index contributed by atoms with van der Waals surface area (Å²) in [4.78, 5) is 0. The molecule has 1 aliphatic rings. The van der Waals surface area contributed by atoms with Crippen LogP contribution in [0.15, 0.2) is 0 Å². The van der Waals surface area contributed by atoms with E-state index in [0.29, 0.717) is 0 Å². The molecule has 0 N–H and O–H groups in total. The third kappa shape index (κ3) is 1.63. The van der Waals surface area contributed by atoms with Crippen LogP contribution in [0.3, 0.4) is 0 Å². The number of nitrogens with zero attached hydrogens (tertiary/aromatic N) is 2. The SMILES string of the molecule is CCC[N+]1=C[N+](C)=CC1. The Bertz CT molecular complexity index is 156. The first-order valence-electron chi connectivity index (χ1n) is 3.47. The van der Waals surface area contributed by atoms with E-state index in [1.807, 2.05) is 0 Å². The van der Waals surface area contributed by atoms with Crippen LogP contribution in [0.25, 0.3) is 0 Å². The molecule has 0 aromatic rings. The lowest BCUT2D eigenvalue weighted by Gasteiger charge is -1.85. The van der Waals surface area contributed by atoms with Crippen LogP contribution in [0.2, 0.25) is 0 Å². The maximum atomic E-state index is 2.31. The molecular formula is C7H14N2+2. The van der Waals surface area contributed by atoms with Gasteiger partial charge in [-0.1, -0.05) is 6.92 Å². The first-order valence-corrected chi connectivity index (χ1v) is 3.47. The lowest BCUT2D eigenvalue weighted by Crippen LogP contribution is -2.11. The van der Waals surface area contributed by atoms with Gasteiger partial charge in [-0.2, -0.15) is 9.15 Å². The normalized spacial score (nSPS) is 17.6. The van der Waals surface area contributed by atoms with Gasteiger partial charge < -0.3 is 0 Å². The number of hydrogen-bond acceptors (Lipinski definition) is 0. The van der Waals surface area contributed by atoms with Crippen molar-refractivity contribution in [1.82, 2.24) is 0 Å². The monoisotopic (exact) mass is 126 g/mol. The molecule has 0 radical (unpaired) electrons.